The zero-order valence-corrected chi connectivity index (χ0v) is 16.5. The summed E-state index contributed by atoms with van der Waals surface area (Å²) in [6.07, 6.45) is 4.32. The SMILES string of the molecule is Cc1ccc(N2CC(O)(c3ccc(F)cc3)[N+]3=C2CCCCC3)cc1.[Br-]. The van der Waals surface area contributed by atoms with Crippen LogP contribution < -0.4 is 21.9 Å². The molecule has 0 saturated heterocycles. The molecule has 2 aromatic rings. The first-order valence-corrected chi connectivity index (χ1v) is 9.04. The van der Waals surface area contributed by atoms with Gasteiger partial charge in [0.05, 0.1) is 6.54 Å². The van der Waals surface area contributed by atoms with Crippen molar-refractivity contribution < 1.29 is 31.1 Å². The van der Waals surface area contributed by atoms with Crippen LogP contribution in [0.1, 0.15) is 36.8 Å². The largest absolute Gasteiger partial charge is 1.00 e. The lowest BCUT2D eigenvalue weighted by molar-refractivity contribution is -0.658. The molecule has 1 atom stereocenters. The number of hydrogen-bond donors (Lipinski definition) is 1. The van der Waals surface area contributed by atoms with Crippen LogP contribution in [0.4, 0.5) is 10.1 Å². The average Bonchev–Trinajstić information content (AvgIpc) is 2.78. The Hall–Kier alpha value is -1.72. The predicted molar refractivity (Wildman–Crippen MR) is 97.4 cm³/mol. The van der Waals surface area contributed by atoms with E-state index in [1.165, 1.54) is 30.0 Å². The van der Waals surface area contributed by atoms with Gasteiger partial charge in [-0.05, 0) is 62.6 Å². The highest BCUT2D eigenvalue weighted by molar-refractivity contribution is 5.95. The molecule has 3 nitrogen and oxygen atoms in total. The molecule has 138 valence electrons. The zero-order valence-electron chi connectivity index (χ0n) is 15.0. The van der Waals surface area contributed by atoms with E-state index in [1.807, 2.05) is 0 Å². The second-order valence-electron chi connectivity index (χ2n) is 7.12. The molecular weight excluding hydrogens is 395 g/mol. The highest BCUT2D eigenvalue weighted by Gasteiger charge is 2.51. The summed E-state index contributed by atoms with van der Waals surface area (Å²) in [7, 11) is 0. The third kappa shape index (κ3) is 3.30. The number of benzene rings is 2. The smallest absolute Gasteiger partial charge is 0.271 e. The molecule has 2 aromatic carbocycles. The van der Waals surface area contributed by atoms with E-state index in [4.69, 9.17) is 0 Å². The fraction of sp³-hybridized carbons (Fsp3) is 0.381. The van der Waals surface area contributed by atoms with E-state index in [2.05, 4.69) is 40.7 Å². The van der Waals surface area contributed by atoms with Crippen LogP contribution >= 0.6 is 0 Å². The molecular formula is C21H24BrFN2O. The number of aryl methyl sites for hydroxylation is 1. The van der Waals surface area contributed by atoms with Crippen LogP contribution in [0, 0.1) is 12.7 Å². The first-order chi connectivity index (χ1) is 12.1. The Kier molecular flexibility index (Phi) is 5.49. The normalized spacial score (nSPS) is 22.7. The van der Waals surface area contributed by atoms with Crippen LogP contribution in [0.5, 0.6) is 0 Å². The summed E-state index contributed by atoms with van der Waals surface area (Å²) in [4.78, 5) is 2.23. The van der Waals surface area contributed by atoms with E-state index < -0.39 is 5.72 Å². The number of anilines is 1. The Morgan fingerprint density at radius 2 is 1.69 bits per heavy atom. The standard InChI is InChI=1S/C21H24FN2O.BrH/c1-16-6-12-19(13-7-16)23-15-21(25,17-8-10-18(22)11-9-17)24-14-4-2-3-5-20(23)24;/h6-13,25H,2-5,14-15H2,1H3;1H/q+1;/p-1. The van der Waals surface area contributed by atoms with E-state index in [0.29, 0.717) is 6.54 Å². The summed E-state index contributed by atoms with van der Waals surface area (Å²) >= 11 is 0. The predicted octanol–water partition coefficient (Wildman–Crippen LogP) is 0.788. The Bertz CT molecular complexity index is 804. The molecule has 1 N–H and O–H groups in total. The van der Waals surface area contributed by atoms with Crippen molar-refractivity contribution in [2.45, 2.75) is 38.3 Å². The number of nitrogens with zero attached hydrogens (tertiary/aromatic N) is 2. The average molecular weight is 419 g/mol. The van der Waals surface area contributed by atoms with Crippen LogP contribution in [-0.2, 0) is 5.72 Å². The van der Waals surface area contributed by atoms with Gasteiger partial charge in [0.2, 0.25) is 0 Å². The maximum atomic E-state index is 13.4. The molecule has 4 rings (SSSR count). The van der Waals surface area contributed by atoms with Crippen molar-refractivity contribution in [1.29, 1.82) is 0 Å². The van der Waals surface area contributed by atoms with Gasteiger partial charge in [-0.1, -0.05) is 17.7 Å². The van der Waals surface area contributed by atoms with Gasteiger partial charge >= 0.3 is 0 Å². The number of halogens is 2. The molecule has 2 aliphatic rings. The lowest BCUT2D eigenvalue weighted by Crippen LogP contribution is -3.00. The molecule has 0 aromatic heterocycles. The minimum absolute atomic E-state index is 0. The number of hydrogen-bond acceptors (Lipinski definition) is 2. The zero-order chi connectivity index (χ0) is 17.4. The summed E-state index contributed by atoms with van der Waals surface area (Å²) < 4.78 is 15.5. The Labute approximate surface area is 164 Å². The Morgan fingerprint density at radius 3 is 2.38 bits per heavy atom. The van der Waals surface area contributed by atoms with E-state index in [1.54, 1.807) is 12.1 Å². The van der Waals surface area contributed by atoms with Crippen LogP contribution in [0.15, 0.2) is 48.5 Å². The molecule has 0 bridgehead atoms. The van der Waals surface area contributed by atoms with Gasteiger partial charge in [0.25, 0.3) is 11.6 Å². The quantitative estimate of drug-likeness (QED) is 0.729. The first kappa shape index (κ1) is 19.1. The molecule has 0 fully saturated rings. The van der Waals surface area contributed by atoms with Gasteiger partial charge in [-0.2, -0.15) is 0 Å². The third-order valence-electron chi connectivity index (χ3n) is 5.38. The van der Waals surface area contributed by atoms with Gasteiger partial charge in [0, 0.05) is 12.0 Å². The van der Waals surface area contributed by atoms with Gasteiger partial charge in [-0.15, -0.1) is 0 Å². The maximum absolute atomic E-state index is 13.4. The summed E-state index contributed by atoms with van der Waals surface area (Å²) in [5.74, 6) is 0.897. The molecule has 26 heavy (non-hydrogen) atoms. The lowest BCUT2D eigenvalue weighted by Gasteiger charge is -2.23. The van der Waals surface area contributed by atoms with Gasteiger partial charge in [-0.25, -0.2) is 13.9 Å². The fourth-order valence-corrected chi connectivity index (χ4v) is 4.00. The molecule has 0 radical (unpaired) electrons. The van der Waals surface area contributed by atoms with Crippen LogP contribution in [0.25, 0.3) is 0 Å². The highest BCUT2D eigenvalue weighted by Crippen LogP contribution is 2.35. The Balaban J connectivity index is 0.00000196. The summed E-state index contributed by atoms with van der Waals surface area (Å²) in [6.45, 7) is 3.37. The summed E-state index contributed by atoms with van der Waals surface area (Å²) in [6, 6.07) is 14.7. The summed E-state index contributed by atoms with van der Waals surface area (Å²) in [5, 5.41) is 11.6. The van der Waals surface area contributed by atoms with Crippen molar-refractivity contribution >= 4 is 11.5 Å². The molecule has 2 aliphatic heterocycles. The topological polar surface area (TPSA) is 26.5 Å². The molecule has 1 unspecified atom stereocenters. The second kappa shape index (κ2) is 7.49. The van der Waals surface area contributed by atoms with Crippen molar-refractivity contribution in [2.75, 3.05) is 18.0 Å². The van der Waals surface area contributed by atoms with Crippen LogP contribution in [0.2, 0.25) is 0 Å². The van der Waals surface area contributed by atoms with E-state index >= 15 is 0 Å². The minimum atomic E-state index is -1.11. The van der Waals surface area contributed by atoms with Crippen LogP contribution in [-0.4, -0.2) is 28.6 Å². The van der Waals surface area contributed by atoms with Crippen molar-refractivity contribution in [2.24, 2.45) is 0 Å². The van der Waals surface area contributed by atoms with E-state index in [0.717, 1.165) is 37.1 Å². The Morgan fingerprint density at radius 1 is 1.00 bits per heavy atom. The molecule has 2 heterocycles. The number of amidine groups is 1. The molecule has 5 heteroatoms. The molecule has 0 spiro atoms. The molecule has 0 amide bonds. The highest BCUT2D eigenvalue weighted by atomic mass is 79.9. The minimum Gasteiger partial charge on any atom is -1.00 e. The van der Waals surface area contributed by atoms with Gasteiger partial charge in [0.1, 0.15) is 11.5 Å². The van der Waals surface area contributed by atoms with Gasteiger partial charge in [0.15, 0.2) is 6.54 Å². The second-order valence-corrected chi connectivity index (χ2v) is 7.12. The van der Waals surface area contributed by atoms with Crippen molar-refractivity contribution in [3.8, 4) is 0 Å². The number of β-amino-alcohol motifs (C(OH)–C–C–N with tert-alkyl or cyclic N) is 1. The molecule has 0 saturated carbocycles. The molecule has 0 aliphatic carbocycles. The fourth-order valence-electron chi connectivity index (χ4n) is 4.00. The van der Waals surface area contributed by atoms with Crippen LogP contribution in [0.3, 0.4) is 0 Å². The number of aliphatic hydroxyl groups is 1. The summed E-state index contributed by atoms with van der Waals surface area (Å²) in [5.41, 5.74) is 1.96. The van der Waals surface area contributed by atoms with Crippen molar-refractivity contribution in [1.82, 2.24) is 0 Å². The van der Waals surface area contributed by atoms with Crippen molar-refractivity contribution in [3.63, 3.8) is 0 Å². The van der Waals surface area contributed by atoms with E-state index in [9.17, 15) is 9.50 Å². The van der Waals surface area contributed by atoms with E-state index in [-0.39, 0.29) is 22.8 Å². The third-order valence-corrected chi connectivity index (χ3v) is 5.38. The van der Waals surface area contributed by atoms with Gasteiger partial charge in [-0.3, -0.25) is 0 Å². The lowest BCUT2D eigenvalue weighted by atomic mass is 10.0. The number of rotatable bonds is 2. The first-order valence-electron chi connectivity index (χ1n) is 9.04. The van der Waals surface area contributed by atoms with Gasteiger partial charge < -0.3 is 22.1 Å². The maximum Gasteiger partial charge on any atom is 0.271 e. The monoisotopic (exact) mass is 418 g/mol. The van der Waals surface area contributed by atoms with Crippen molar-refractivity contribution in [3.05, 3.63) is 65.5 Å².